The Morgan fingerprint density at radius 2 is 2.03 bits per heavy atom. The molecule has 34 heavy (non-hydrogen) atoms. The van der Waals surface area contributed by atoms with Gasteiger partial charge in [-0.25, -0.2) is 0 Å². The minimum Gasteiger partial charge on any atom is -0.492 e. The highest BCUT2D eigenvalue weighted by atomic mass is 35.5. The molecular formula is C25H32ClN7O. The Kier molecular flexibility index (Phi) is 7.70. The molecule has 1 aromatic heterocycles. The minimum absolute atomic E-state index is 0.150. The first-order chi connectivity index (χ1) is 16.5. The first kappa shape index (κ1) is 24.0. The third-order valence-corrected chi connectivity index (χ3v) is 6.33. The molecule has 1 saturated heterocycles. The number of nitrogen functional groups attached to an aromatic ring is 1. The smallest absolute Gasteiger partial charge is 0.236 e. The summed E-state index contributed by atoms with van der Waals surface area (Å²) < 4.78 is 5.53. The fourth-order valence-corrected chi connectivity index (χ4v) is 4.72. The number of anilines is 5. The van der Waals surface area contributed by atoms with E-state index >= 15 is 0 Å². The molecule has 2 aromatic carbocycles. The molecule has 0 bridgehead atoms. The van der Waals surface area contributed by atoms with Crippen molar-refractivity contribution in [1.82, 2.24) is 20.3 Å². The lowest BCUT2D eigenvalue weighted by Crippen LogP contribution is -2.46. The number of hydrogen-bond acceptors (Lipinski definition) is 8. The number of nitrogens with two attached hydrogens (primary N) is 1. The van der Waals surface area contributed by atoms with Crippen molar-refractivity contribution in [3.8, 4) is 5.75 Å². The number of hydrogen-bond donors (Lipinski definition) is 3. The lowest BCUT2D eigenvalue weighted by atomic mass is 10.0. The summed E-state index contributed by atoms with van der Waals surface area (Å²) in [6, 6.07) is 14.2. The molecule has 2 atom stereocenters. The number of aryl methyl sites for hydroxylation is 1. The molecule has 0 saturated carbocycles. The zero-order valence-corrected chi connectivity index (χ0v) is 20.6. The SMILES string of the molecule is CCOc1ccc(Nc2nc(N)nc(N(c3ccccc3C)C(CC)C3CCCN3)n2)cc1Cl. The largest absolute Gasteiger partial charge is 0.492 e. The highest BCUT2D eigenvalue weighted by Gasteiger charge is 2.32. The summed E-state index contributed by atoms with van der Waals surface area (Å²) in [5, 5.41) is 7.38. The van der Waals surface area contributed by atoms with E-state index in [4.69, 9.17) is 27.1 Å². The van der Waals surface area contributed by atoms with Crippen molar-refractivity contribution in [2.24, 2.45) is 0 Å². The van der Waals surface area contributed by atoms with Crippen molar-refractivity contribution in [3.05, 3.63) is 53.1 Å². The van der Waals surface area contributed by atoms with Gasteiger partial charge in [-0.1, -0.05) is 36.7 Å². The maximum absolute atomic E-state index is 6.36. The van der Waals surface area contributed by atoms with E-state index in [2.05, 4.69) is 51.5 Å². The van der Waals surface area contributed by atoms with Gasteiger partial charge in [0.1, 0.15) is 5.75 Å². The molecule has 180 valence electrons. The van der Waals surface area contributed by atoms with Crippen LogP contribution in [-0.2, 0) is 0 Å². The van der Waals surface area contributed by atoms with Crippen LogP contribution in [0.1, 0.15) is 38.7 Å². The van der Waals surface area contributed by atoms with Crippen LogP contribution in [0.2, 0.25) is 5.02 Å². The number of nitrogens with zero attached hydrogens (tertiary/aromatic N) is 4. The van der Waals surface area contributed by atoms with Gasteiger partial charge in [-0.15, -0.1) is 0 Å². The maximum Gasteiger partial charge on any atom is 0.236 e. The molecule has 1 fully saturated rings. The molecule has 0 amide bonds. The van der Waals surface area contributed by atoms with E-state index in [9.17, 15) is 0 Å². The molecule has 8 nitrogen and oxygen atoms in total. The van der Waals surface area contributed by atoms with E-state index in [1.54, 1.807) is 6.07 Å². The second-order valence-electron chi connectivity index (χ2n) is 8.36. The van der Waals surface area contributed by atoms with E-state index in [1.807, 2.05) is 31.2 Å². The quantitative estimate of drug-likeness (QED) is 0.382. The number of ether oxygens (including phenoxy) is 1. The van der Waals surface area contributed by atoms with Crippen molar-refractivity contribution in [1.29, 1.82) is 0 Å². The summed E-state index contributed by atoms with van der Waals surface area (Å²) in [6.45, 7) is 7.78. The monoisotopic (exact) mass is 481 g/mol. The Morgan fingerprint density at radius 1 is 1.21 bits per heavy atom. The second-order valence-corrected chi connectivity index (χ2v) is 8.76. The Bertz CT molecular complexity index is 1120. The molecule has 4 rings (SSSR count). The lowest BCUT2D eigenvalue weighted by Gasteiger charge is -2.36. The summed E-state index contributed by atoms with van der Waals surface area (Å²) >= 11 is 6.36. The van der Waals surface area contributed by atoms with Crippen LogP contribution in [0.3, 0.4) is 0 Å². The first-order valence-corrected chi connectivity index (χ1v) is 12.2. The number of benzene rings is 2. The summed E-state index contributed by atoms with van der Waals surface area (Å²) in [6.07, 6.45) is 3.19. The van der Waals surface area contributed by atoms with Crippen molar-refractivity contribution in [2.75, 3.05) is 29.1 Å². The van der Waals surface area contributed by atoms with Gasteiger partial charge >= 0.3 is 0 Å². The Balaban J connectivity index is 1.72. The van der Waals surface area contributed by atoms with Crippen LogP contribution in [0, 0.1) is 6.92 Å². The molecule has 2 unspecified atom stereocenters. The predicted molar refractivity (Wildman–Crippen MR) is 139 cm³/mol. The molecule has 9 heteroatoms. The van der Waals surface area contributed by atoms with Crippen LogP contribution < -0.4 is 26.0 Å². The standard InChI is InChI=1S/C25H32ClN7O/c1-4-20(19-10-8-14-28-19)33(21-11-7-6-9-16(21)3)25-31-23(27)30-24(32-25)29-17-12-13-22(34-5-2)18(26)15-17/h6-7,9,11-13,15,19-20,28H,4-5,8,10,14H2,1-3H3,(H3,27,29,30,31,32). The fourth-order valence-electron chi connectivity index (χ4n) is 4.48. The zero-order chi connectivity index (χ0) is 24.1. The molecule has 1 aliphatic heterocycles. The summed E-state index contributed by atoms with van der Waals surface area (Å²) in [5.41, 5.74) is 9.10. The van der Waals surface area contributed by atoms with E-state index in [0.717, 1.165) is 42.7 Å². The van der Waals surface area contributed by atoms with E-state index in [-0.39, 0.29) is 12.0 Å². The number of aromatic nitrogens is 3. The Morgan fingerprint density at radius 3 is 2.71 bits per heavy atom. The topological polar surface area (TPSA) is 101 Å². The van der Waals surface area contributed by atoms with Crippen molar-refractivity contribution in [3.63, 3.8) is 0 Å². The Hall–Kier alpha value is -3.10. The first-order valence-electron chi connectivity index (χ1n) is 11.8. The number of para-hydroxylation sites is 1. The third-order valence-electron chi connectivity index (χ3n) is 6.03. The van der Waals surface area contributed by atoms with Gasteiger partial charge in [0, 0.05) is 17.4 Å². The zero-order valence-electron chi connectivity index (χ0n) is 19.9. The summed E-state index contributed by atoms with van der Waals surface area (Å²) in [7, 11) is 0. The second kappa shape index (κ2) is 10.9. The third kappa shape index (κ3) is 5.34. The van der Waals surface area contributed by atoms with Crippen molar-refractivity contribution >= 4 is 40.8 Å². The molecule has 0 aliphatic carbocycles. The van der Waals surface area contributed by atoms with Gasteiger partial charge < -0.3 is 26.0 Å². The minimum atomic E-state index is 0.150. The number of rotatable bonds is 9. The molecule has 0 radical (unpaired) electrons. The van der Waals surface area contributed by atoms with Crippen LogP contribution >= 0.6 is 11.6 Å². The lowest BCUT2D eigenvalue weighted by molar-refractivity contribution is 0.340. The van der Waals surface area contributed by atoms with Gasteiger partial charge in [0.15, 0.2) is 0 Å². The van der Waals surface area contributed by atoms with E-state index in [1.165, 1.54) is 0 Å². The van der Waals surface area contributed by atoms with Gasteiger partial charge in [-0.3, -0.25) is 0 Å². The number of nitrogens with one attached hydrogen (secondary N) is 2. The van der Waals surface area contributed by atoms with Crippen LogP contribution in [0.4, 0.5) is 29.2 Å². The molecule has 1 aliphatic rings. The summed E-state index contributed by atoms with van der Waals surface area (Å²) in [5.74, 6) is 1.65. The highest BCUT2D eigenvalue weighted by molar-refractivity contribution is 6.32. The van der Waals surface area contributed by atoms with Crippen LogP contribution in [0.5, 0.6) is 5.75 Å². The van der Waals surface area contributed by atoms with Gasteiger partial charge in [0.05, 0.1) is 17.7 Å². The number of halogens is 1. The van der Waals surface area contributed by atoms with Gasteiger partial charge in [0.25, 0.3) is 0 Å². The maximum atomic E-state index is 6.36. The summed E-state index contributed by atoms with van der Waals surface area (Å²) in [4.78, 5) is 15.9. The predicted octanol–water partition coefficient (Wildman–Crippen LogP) is 5.23. The molecule has 3 aromatic rings. The van der Waals surface area contributed by atoms with Gasteiger partial charge in [-0.05, 0) is 69.5 Å². The van der Waals surface area contributed by atoms with Crippen LogP contribution in [-0.4, -0.2) is 40.2 Å². The van der Waals surface area contributed by atoms with E-state index < -0.39 is 0 Å². The van der Waals surface area contributed by atoms with Gasteiger partial charge in [-0.2, -0.15) is 15.0 Å². The van der Waals surface area contributed by atoms with Crippen LogP contribution in [0.25, 0.3) is 0 Å². The van der Waals surface area contributed by atoms with Crippen molar-refractivity contribution in [2.45, 2.75) is 52.1 Å². The van der Waals surface area contributed by atoms with Gasteiger partial charge in [0.2, 0.25) is 17.8 Å². The fraction of sp³-hybridized carbons (Fsp3) is 0.400. The molecule has 4 N–H and O–H groups in total. The van der Waals surface area contributed by atoms with Crippen LogP contribution in [0.15, 0.2) is 42.5 Å². The van der Waals surface area contributed by atoms with E-state index in [0.29, 0.717) is 35.3 Å². The average Bonchev–Trinajstić information content (AvgIpc) is 3.34. The molecule has 0 spiro atoms. The van der Waals surface area contributed by atoms with Crippen molar-refractivity contribution < 1.29 is 4.74 Å². The Labute approximate surface area is 205 Å². The molecular weight excluding hydrogens is 450 g/mol. The normalized spacial score (nSPS) is 16.3. The average molecular weight is 482 g/mol. The molecule has 2 heterocycles. The highest BCUT2D eigenvalue weighted by Crippen LogP contribution is 2.34.